The molecule has 0 radical (unpaired) electrons. The lowest BCUT2D eigenvalue weighted by Crippen LogP contribution is -2.99. The molecule has 0 aromatic heterocycles. The summed E-state index contributed by atoms with van der Waals surface area (Å²) in [5.74, 6) is -2.17. The molecule has 0 amide bonds. The first-order valence-electron chi connectivity index (χ1n) is 11.5. The first-order chi connectivity index (χ1) is 15.2. The van der Waals surface area contributed by atoms with Crippen LogP contribution in [0.3, 0.4) is 0 Å². The molecule has 2 aliphatic carbocycles. The van der Waals surface area contributed by atoms with Crippen LogP contribution in [0.1, 0.15) is 60.8 Å². The Hall–Kier alpha value is -1.80. The summed E-state index contributed by atoms with van der Waals surface area (Å²) >= 11 is 0. The summed E-state index contributed by atoms with van der Waals surface area (Å²) in [5.41, 5.74) is -3.28. The van der Waals surface area contributed by atoms with Crippen molar-refractivity contribution in [3.8, 4) is 0 Å². The molecule has 4 rings (SSSR count). The first kappa shape index (κ1) is 23.4. The van der Waals surface area contributed by atoms with E-state index in [9.17, 15) is 30.6 Å². The van der Waals surface area contributed by atoms with Crippen LogP contribution in [0.5, 0.6) is 0 Å². The fourth-order valence-corrected chi connectivity index (χ4v) is 6.16. The zero-order valence-corrected chi connectivity index (χ0v) is 18.6. The van der Waals surface area contributed by atoms with Crippen LogP contribution < -0.4 is 0 Å². The van der Waals surface area contributed by atoms with E-state index < -0.39 is 47.5 Å². The summed E-state index contributed by atoms with van der Waals surface area (Å²) in [6.45, 7) is 3.35. The molecule has 7 atom stereocenters. The lowest BCUT2D eigenvalue weighted by Gasteiger charge is -2.80. The topological polar surface area (TPSA) is 121 Å². The zero-order chi connectivity index (χ0) is 23.3. The largest absolute Gasteiger partial charge is 0.394 e. The van der Waals surface area contributed by atoms with Crippen LogP contribution in [0.2, 0.25) is 0 Å². The highest BCUT2D eigenvalue weighted by molar-refractivity contribution is 5.56. The average Bonchev–Trinajstić information content (AvgIpc) is 2.80. The normalized spacial score (nSPS) is 36.7. The molecule has 0 bridgehead atoms. The summed E-state index contributed by atoms with van der Waals surface area (Å²) in [4.78, 5) is 0. The Kier molecular flexibility index (Phi) is 5.99. The van der Waals surface area contributed by atoms with E-state index >= 15 is 0 Å². The van der Waals surface area contributed by atoms with Crippen molar-refractivity contribution in [3.63, 3.8) is 0 Å². The Bertz CT molecular complexity index is 942. The second-order valence-corrected chi connectivity index (χ2v) is 9.45. The molecule has 2 aromatic rings. The summed E-state index contributed by atoms with van der Waals surface area (Å²) in [6, 6.07) is 14.6. The van der Waals surface area contributed by atoms with Gasteiger partial charge in [-0.15, -0.1) is 0 Å². The minimum atomic E-state index is -2.24. The van der Waals surface area contributed by atoms with E-state index in [-0.39, 0.29) is 0 Å². The predicted molar refractivity (Wildman–Crippen MR) is 120 cm³/mol. The SMILES string of the molecule is CCCc1ccc(C2C(O)[C@@]3(O)C(c4ccc(CCC)cc4)[C@@](O)([C@H](O)CO)[C@@]23O)cc1. The van der Waals surface area contributed by atoms with Crippen LogP contribution in [0.4, 0.5) is 0 Å². The van der Waals surface area contributed by atoms with Crippen molar-refractivity contribution < 1.29 is 30.6 Å². The minimum absolute atomic E-state index is 0.489. The van der Waals surface area contributed by atoms with Gasteiger partial charge >= 0.3 is 0 Å². The Morgan fingerprint density at radius 1 is 0.812 bits per heavy atom. The van der Waals surface area contributed by atoms with Gasteiger partial charge in [0, 0.05) is 5.92 Å². The van der Waals surface area contributed by atoms with Crippen molar-refractivity contribution in [1.82, 2.24) is 0 Å². The number of benzene rings is 2. The average molecular weight is 443 g/mol. The number of hydrogen-bond donors (Lipinski definition) is 6. The number of rotatable bonds is 8. The Morgan fingerprint density at radius 2 is 1.28 bits per heavy atom. The molecule has 0 heterocycles. The van der Waals surface area contributed by atoms with Crippen LogP contribution in [-0.2, 0) is 12.8 Å². The van der Waals surface area contributed by atoms with Crippen molar-refractivity contribution in [1.29, 1.82) is 0 Å². The highest BCUT2D eigenvalue weighted by Crippen LogP contribution is 2.75. The Labute approximate surface area is 188 Å². The molecule has 0 aliphatic heterocycles. The highest BCUT2D eigenvalue weighted by Gasteiger charge is 2.93. The van der Waals surface area contributed by atoms with Crippen molar-refractivity contribution in [2.75, 3.05) is 6.61 Å². The number of aliphatic hydroxyl groups is 6. The predicted octanol–water partition coefficient (Wildman–Crippen LogP) is 1.39. The van der Waals surface area contributed by atoms with Gasteiger partial charge in [-0.3, -0.25) is 0 Å². The van der Waals surface area contributed by atoms with Crippen molar-refractivity contribution in [2.24, 2.45) is 0 Å². The molecule has 2 fully saturated rings. The van der Waals surface area contributed by atoms with Crippen LogP contribution in [0, 0.1) is 0 Å². The minimum Gasteiger partial charge on any atom is -0.394 e. The van der Waals surface area contributed by atoms with Crippen LogP contribution in [0.25, 0.3) is 0 Å². The van der Waals surface area contributed by atoms with Gasteiger partial charge in [-0.05, 0) is 35.1 Å². The second-order valence-electron chi connectivity index (χ2n) is 9.45. The molecule has 2 saturated carbocycles. The van der Waals surface area contributed by atoms with Crippen LogP contribution in [0.15, 0.2) is 48.5 Å². The Morgan fingerprint density at radius 3 is 1.72 bits per heavy atom. The summed E-state index contributed by atoms with van der Waals surface area (Å²) in [5, 5.41) is 66.1. The fraction of sp³-hybridized carbons (Fsp3) is 0.538. The van der Waals surface area contributed by atoms with E-state index in [1.807, 2.05) is 24.3 Å². The number of hydrogen-bond acceptors (Lipinski definition) is 6. The van der Waals surface area contributed by atoms with E-state index in [1.165, 1.54) is 0 Å². The molecule has 6 N–H and O–H groups in total. The van der Waals surface area contributed by atoms with Gasteiger partial charge in [0.25, 0.3) is 0 Å². The molecule has 3 unspecified atom stereocenters. The third-order valence-corrected chi connectivity index (χ3v) is 7.73. The van der Waals surface area contributed by atoms with Gasteiger partial charge in [0.1, 0.15) is 22.9 Å². The van der Waals surface area contributed by atoms with Gasteiger partial charge in [0.15, 0.2) is 0 Å². The number of fused-ring (bicyclic) bond motifs is 1. The van der Waals surface area contributed by atoms with Gasteiger partial charge in [0.05, 0.1) is 18.6 Å². The molecular formula is C26H34O6. The van der Waals surface area contributed by atoms with Gasteiger partial charge in [0.2, 0.25) is 0 Å². The lowest BCUT2D eigenvalue weighted by molar-refractivity contribution is -0.459. The van der Waals surface area contributed by atoms with E-state index in [0.717, 1.165) is 36.8 Å². The quantitative estimate of drug-likeness (QED) is 0.368. The van der Waals surface area contributed by atoms with Gasteiger partial charge in [-0.1, -0.05) is 75.2 Å². The lowest BCUT2D eigenvalue weighted by atomic mass is 9.30. The maximum Gasteiger partial charge on any atom is 0.138 e. The molecule has 6 nitrogen and oxygen atoms in total. The van der Waals surface area contributed by atoms with E-state index in [2.05, 4.69) is 13.8 Å². The first-order valence-corrected chi connectivity index (χ1v) is 11.5. The van der Waals surface area contributed by atoms with E-state index in [4.69, 9.17) is 0 Å². The monoisotopic (exact) mass is 442 g/mol. The number of aliphatic hydroxyl groups excluding tert-OH is 3. The third kappa shape index (κ3) is 2.81. The summed E-state index contributed by atoms with van der Waals surface area (Å²) < 4.78 is 0. The maximum atomic E-state index is 11.6. The highest BCUT2D eigenvalue weighted by atomic mass is 16.5. The molecular weight excluding hydrogens is 408 g/mol. The molecule has 2 aromatic carbocycles. The second kappa shape index (κ2) is 8.20. The molecule has 2 aliphatic rings. The molecule has 0 saturated heterocycles. The van der Waals surface area contributed by atoms with Gasteiger partial charge < -0.3 is 30.6 Å². The zero-order valence-electron chi connectivity index (χ0n) is 18.6. The van der Waals surface area contributed by atoms with Crippen molar-refractivity contribution in [3.05, 3.63) is 70.8 Å². The molecule has 174 valence electrons. The van der Waals surface area contributed by atoms with Crippen molar-refractivity contribution >= 4 is 0 Å². The maximum absolute atomic E-state index is 11.6. The van der Waals surface area contributed by atoms with Gasteiger partial charge in [-0.25, -0.2) is 0 Å². The molecule has 0 spiro atoms. The third-order valence-electron chi connectivity index (χ3n) is 7.73. The fourth-order valence-electron chi connectivity index (χ4n) is 6.16. The van der Waals surface area contributed by atoms with E-state index in [0.29, 0.717) is 11.1 Å². The van der Waals surface area contributed by atoms with Gasteiger partial charge in [-0.2, -0.15) is 0 Å². The summed E-state index contributed by atoms with van der Waals surface area (Å²) in [7, 11) is 0. The number of aryl methyl sites for hydroxylation is 2. The van der Waals surface area contributed by atoms with Crippen LogP contribution in [-0.4, -0.2) is 66.3 Å². The Balaban J connectivity index is 1.75. The summed E-state index contributed by atoms with van der Waals surface area (Å²) in [6.07, 6.45) is 0.665. The standard InChI is InChI=1S/C26H34O6/c1-3-5-16-7-11-18(12-8-16)21-23(29)25(31)22(19-13-9-17(6-4-2)10-14-19)24(30,20(28)15-27)26(21,25)32/h7-14,20-23,27-32H,3-6,15H2,1-2H3/t20-,21?,22?,23?,24+,25+,26+/m1/s1. The smallest absolute Gasteiger partial charge is 0.138 e. The van der Waals surface area contributed by atoms with Crippen molar-refractivity contribution in [2.45, 2.75) is 80.4 Å². The van der Waals surface area contributed by atoms with E-state index in [1.54, 1.807) is 24.3 Å². The molecule has 32 heavy (non-hydrogen) atoms. The van der Waals surface area contributed by atoms with Crippen LogP contribution >= 0.6 is 0 Å². The molecule has 6 heteroatoms.